The number of nitrogens with one attached hydrogen (secondary N) is 2. The molecule has 2 fully saturated rings. The van der Waals surface area contributed by atoms with Crippen LogP contribution in [0.2, 0.25) is 5.02 Å². The Morgan fingerprint density at radius 1 is 1.20 bits per heavy atom. The van der Waals surface area contributed by atoms with Crippen LogP contribution in [0.4, 0.5) is 10.5 Å². The Labute approximate surface area is 241 Å². The van der Waals surface area contributed by atoms with E-state index in [2.05, 4.69) is 27.4 Å². The number of ether oxygens (including phenoxy) is 1. The van der Waals surface area contributed by atoms with Crippen molar-refractivity contribution in [2.75, 3.05) is 18.4 Å². The fraction of sp³-hybridized carbons (Fsp3) is 0.536. The smallest absolute Gasteiger partial charge is 0.410 e. The molecule has 6 rings (SSSR count). The van der Waals surface area contributed by atoms with Gasteiger partial charge in [0.2, 0.25) is 5.91 Å². The lowest BCUT2D eigenvalue weighted by Crippen LogP contribution is -2.41. The molecule has 0 aromatic carbocycles. The van der Waals surface area contributed by atoms with Crippen LogP contribution < -0.4 is 11.1 Å². The largest absolute Gasteiger partial charge is 0.444 e. The van der Waals surface area contributed by atoms with Gasteiger partial charge < -0.3 is 25.7 Å². The summed E-state index contributed by atoms with van der Waals surface area (Å²) in [6.07, 6.45) is 8.15. The van der Waals surface area contributed by atoms with Gasteiger partial charge in [0.25, 0.3) is 0 Å². The molecule has 4 heterocycles. The van der Waals surface area contributed by atoms with Crippen molar-refractivity contribution >= 4 is 51.8 Å². The lowest BCUT2D eigenvalue weighted by atomic mass is 9.88. The van der Waals surface area contributed by atoms with E-state index < -0.39 is 5.60 Å². The van der Waals surface area contributed by atoms with Crippen LogP contribution in [0, 0.1) is 24.7 Å². The van der Waals surface area contributed by atoms with Crippen molar-refractivity contribution in [3.8, 4) is 10.7 Å². The number of halogens is 1. The maximum absolute atomic E-state index is 12.5. The van der Waals surface area contributed by atoms with Crippen LogP contribution in [0.15, 0.2) is 18.3 Å². The molecule has 212 valence electrons. The van der Waals surface area contributed by atoms with E-state index in [1.54, 1.807) is 22.4 Å². The first kappa shape index (κ1) is 27.0. The molecule has 3 aromatic heterocycles. The quantitative estimate of drug-likeness (QED) is 0.349. The van der Waals surface area contributed by atoms with Crippen molar-refractivity contribution in [2.24, 2.45) is 23.5 Å². The fourth-order valence-corrected chi connectivity index (χ4v) is 7.58. The molecule has 0 spiro atoms. The normalized spacial score (nSPS) is 24.7. The van der Waals surface area contributed by atoms with E-state index in [0.717, 1.165) is 34.8 Å². The van der Waals surface area contributed by atoms with Crippen LogP contribution >= 0.6 is 22.9 Å². The lowest BCUT2D eigenvalue weighted by molar-refractivity contribution is -0.122. The second-order valence-corrected chi connectivity index (χ2v) is 13.5. The first-order chi connectivity index (χ1) is 19.0. The molecule has 40 heavy (non-hydrogen) atoms. The summed E-state index contributed by atoms with van der Waals surface area (Å²) in [6, 6.07) is -0.134. The Balaban J connectivity index is 1.22. The number of H-pyrrole nitrogens is 1. The molecular formula is C28H34ClN7O3S. The minimum atomic E-state index is -0.506. The number of imidazole rings is 1. The number of aryl methyl sites for hydroxylation is 1. The number of fused-ring (bicyclic) bond motifs is 3. The molecule has 4 atom stereocenters. The number of aromatic nitrogens is 4. The number of hydrogen-bond acceptors (Lipinski definition) is 8. The van der Waals surface area contributed by atoms with Crippen LogP contribution in [0.5, 0.6) is 0 Å². The molecule has 2 aliphatic carbocycles. The number of nitrogens with zero attached hydrogens (tertiary/aromatic N) is 4. The number of carbonyl (C=O) groups is 2. The Kier molecular flexibility index (Phi) is 6.77. The summed E-state index contributed by atoms with van der Waals surface area (Å²) in [4.78, 5) is 45.0. The zero-order valence-corrected chi connectivity index (χ0v) is 24.6. The summed E-state index contributed by atoms with van der Waals surface area (Å²) in [5, 5.41) is 5.02. The molecule has 3 aromatic rings. The molecule has 12 heteroatoms. The number of carbonyl (C=O) groups excluding carboxylic acids is 2. The predicted molar refractivity (Wildman–Crippen MR) is 155 cm³/mol. The van der Waals surface area contributed by atoms with Gasteiger partial charge in [0.05, 0.1) is 38.4 Å². The standard InChI is InChI=1S/C28H34ClN7O3S/c1-13-22(40-26(32-13)14-7-9-36(10-8-14)27(38)39-28(2,3)4)25-34-21-20(17(29)12-31-24(21)35-25)33-19-16-6-5-15(11-16)18(19)23(30)37/h5-6,12,14-16,18-19H,7-11H2,1-4H3,(H2,30,37)(H2,31,33,34,35)/t15-,16-,18-,19-/m1/s1. The second-order valence-electron chi connectivity index (χ2n) is 12.0. The van der Waals surface area contributed by atoms with Crippen molar-refractivity contribution in [1.82, 2.24) is 24.8 Å². The minimum Gasteiger partial charge on any atom is -0.444 e. The number of piperidine rings is 1. The highest BCUT2D eigenvalue weighted by Crippen LogP contribution is 2.46. The number of pyridine rings is 1. The minimum absolute atomic E-state index is 0.134. The van der Waals surface area contributed by atoms with Crippen molar-refractivity contribution in [2.45, 2.75) is 64.5 Å². The number of anilines is 1. The van der Waals surface area contributed by atoms with Crippen LogP contribution in [0.3, 0.4) is 0 Å². The Hall–Kier alpha value is -3.18. The molecular weight excluding hydrogens is 550 g/mol. The van der Waals surface area contributed by atoms with Crippen molar-refractivity contribution in [3.05, 3.63) is 34.1 Å². The number of aromatic amines is 1. The van der Waals surface area contributed by atoms with Gasteiger partial charge in [-0.05, 0) is 58.8 Å². The molecule has 1 aliphatic heterocycles. The van der Waals surface area contributed by atoms with Crippen LogP contribution in [-0.4, -0.2) is 61.6 Å². The molecule has 10 nitrogen and oxygen atoms in total. The maximum atomic E-state index is 12.5. The van der Waals surface area contributed by atoms with E-state index in [0.29, 0.717) is 40.8 Å². The summed E-state index contributed by atoms with van der Waals surface area (Å²) in [5.74, 6) is 0.733. The van der Waals surface area contributed by atoms with E-state index >= 15 is 0 Å². The van der Waals surface area contributed by atoms with Gasteiger partial charge >= 0.3 is 6.09 Å². The number of nitrogens with two attached hydrogens (primary N) is 1. The number of rotatable bonds is 5. The first-order valence-corrected chi connectivity index (χ1v) is 14.9. The molecule has 2 amide bonds. The van der Waals surface area contributed by atoms with Gasteiger partial charge in [0.15, 0.2) is 11.5 Å². The highest BCUT2D eigenvalue weighted by Gasteiger charge is 2.47. The van der Waals surface area contributed by atoms with Crippen molar-refractivity contribution in [1.29, 1.82) is 0 Å². The lowest BCUT2D eigenvalue weighted by Gasteiger charge is -2.32. The zero-order chi connectivity index (χ0) is 28.3. The topological polar surface area (TPSA) is 139 Å². The third kappa shape index (κ3) is 4.94. The number of primary amides is 1. The predicted octanol–water partition coefficient (Wildman–Crippen LogP) is 5.25. The van der Waals surface area contributed by atoms with Gasteiger partial charge in [-0.1, -0.05) is 23.8 Å². The average Bonchev–Trinajstić information content (AvgIpc) is 3.67. The maximum Gasteiger partial charge on any atom is 0.410 e. The van der Waals surface area contributed by atoms with Gasteiger partial charge in [-0.25, -0.2) is 19.7 Å². The number of thiazole rings is 1. The van der Waals surface area contributed by atoms with Gasteiger partial charge in [0.1, 0.15) is 11.1 Å². The SMILES string of the molecule is Cc1nc(C2CCN(C(=O)OC(C)(C)C)CC2)sc1-c1nc2ncc(Cl)c(N[C@H]3[C@H](C(N)=O)[C@@H]4C=C[C@@H]3C4)c2[nH]1. The monoisotopic (exact) mass is 583 g/mol. The highest BCUT2D eigenvalue weighted by molar-refractivity contribution is 7.15. The van der Waals surface area contributed by atoms with Crippen molar-refractivity contribution in [3.63, 3.8) is 0 Å². The number of likely N-dealkylation sites (tertiary alicyclic amines) is 1. The summed E-state index contributed by atoms with van der Waals surface area (Å²) in [6.45, 7) is 8.90. The second kappa shape index (κ2) is 10.0. The summed E-state index contributed by atoms with van der Waals surface area (Å²) < 4.78 is 5.53. The third-order valence-corrected chi connectivity index (χ3v) is 9.71. The van der Waals surface area contributed by atoms with Crippen molar-refractivity contribution < 1.29 is 14.3 Å². The van der Waals surface area contributed by atoms with Gasteiger partial charge in [-0.2, -0.15) is 0 Å². The number of amides is 2. The Morgan fingerprint density at radius 3 is 2.62 bits per heavy atom. The van der Waals surface area contributed by atoms with Gasteiger partial charge in [-0.15, -0.1) is 11.3 Å². The number of hydrogen-bond donors (Lipinski definition) is 3. The van der Waals surface area contributed by atoms with E-state index in [4.69, 9.17) is 32.0 Å². The first-order valence-electron chi connectivity index (χ1n) is 13.7. The fourth-order valence-electron chi connectivity index (χ4n) is 6.20. The molecule has 1 saturated carbocycles. The summed E-state index contributed by atoms with van der Waals surface area (Å²) >= 11 is 8.24. The van der Waals surface area contributed by atoms with E-state index in [9.17, 15) is 9.59 Å². The Bertz CT molecular complexity index is 1500. The highest BCUT2D eigenvalue weighted by atomic mass is 35.5. The molecule has 0 radical (unpaired) electrons. The van der Waals surface area contributed by atoms with E-state index in [1.165, 1.54) is 0 Å². The van der Waals surface area contributed by atoms with E-state index in [1.807, 2.05) is 27.7 Å². The molecule has 4 N–H and O–H groups in total. The van der Waals surface area contributed by atoms with Gasteiger partial charge in [0, 0.05) is 25.0 Å². The zero-order valence-electron chi connectivity index (χ0n) is 23.0. The van der Waals surface area contributed by atoms with E-state index in [-0.39, 0.29) is 41.7 Å². The molecule has 1 saturated heterocycles. The Morgan fingerprint density at radius 2 is 1.93 bits per heavy atom. The van der Waals surface area contributed by atoms with Crippen LogP contribution in [0.25, 0.3) is 21.9 Å². The van der Waals surface area contributed by atoms with Gasteiger partial charge in [-0.3, -0.25) is 4.79 Å². The summed E-state index contributed by atoms with van der Waals surface area (Å²) in [7, 11) is 0. The number of allylic oxidation sites excluding steroid dienone is 1. The average molecular weight is 584 g/mol. The molecule has 2 bridgehead atoms. The van der Waals surface area contributed by atoms with Crippen LogP contribution in [0.1, 0.15) is 56.7 Å². The van der Waals surface area contributed by atoms with Crippen LogP contribution in [-0.2, 0) is 9.53 Å². The summed E-state index contributed by atoms with van der Waals surface area (Å²) in [5.41, 5.74) is 8.07. The molecule has 0 unspecified atom stereocenters. The third-order valence-electron chi connectivity index (χ3n) is 8.10. The molecule has 3 aliphatic rings.